The van der Waals surface area contributed by atoms with Crippen LogP contribution in [0.15, 0.2) is 35.3 Å². The minimum Gasteiger partial charge on any atom is -0.357 e. The average molecular weight is 498 g/mol. The maximum atomic E-state index is 12.3. The largest absolute Gasteiger partial charge is 0.390 e. The van der Waals surface area contributed by atoms with Crippen LogP contribution in [0.4, 0.5) is 13.2 Å². The smallest absolute Gasteiger partial charge is 0.357 e. The molecule has 144 valence electrons. The molecule has 1 aromatic carbocycles. The van der Waals surface area contributed by atoms with E-state index in [1.54, 1.807) is 11.3 Å². The number of hydrogen-bond acceptors (Lipinski definition) is 3. The third-order valence-electron chi connectivity index (χ3n) is 3.34. The molecule has 0 spiro atoms. The maximum Gasteiger partial charge on any atom is 0.390 e. The highest BCUT2D eigenvalue weighted by Gasteiger charge is 2.26. The SMILES string of the molecule is CCNC(=NCc1sc(-c2ccccc2)nc1C)NCCC(F)(F)F.I. The Morgan fingerprint density at radius 3 is 2.50 bits per heavy atom. The van der Waals surface area contributed by atoms with Gasteiger partial charge in [-0.25, -0.2) is 9.98 Å². The van der Waals surface area contributed by atoms with Gasteiger partial charge in [-0.15, -0.1) is 35.3 Å². The molecule has 0 atom stereocenters. The van der Waals surface area contributed by atoms with Crippen molar-refractivity contribution in [2.75, 3.05) is 13.1 Å². The lowest BCUT2D eigenvalue weighted by molar-refractivity contribution is -0.132. The van der Waals surface area contributed by atoms with E-state index in [0.29, 0.717) is 19.0 Å². The van der Waals surface area contributed by atoms with Gasteiger partial charge in [-0.2, -0.15) is 13.2 Å². The summed E-state index contributed by atoms with van der Waals surface area (Å²) in [6, 6.07) is 9.85. The number of aliphatic imine (C=N–C) groups is 1. The lowest BCUT2D eigenvalue weighted by atomic mass is 10.2. The van der Waals surface area contributed by atoms with Gasteiger partial charge in [0, 0.05) is 23.5 Å². The molecule has 0 saturated carbocycles. The van der Waals surface area contributed by atoms with Gasteiger partial charge in [-0.1, -0.05) is 30.3 Å². The summed E-state index contributed by atoms with van der Waals surface area (Å²) in [6.45, 7) is 4.53. The van der Waals surface area contributed by atoms with Gasteiger partial charge >= 0.3 is 6.18 Å². The lowest BCUT2D eigenvalue weighted by Crippen LogP contribution is -2.38. The Bertz CT molecular complexity index is 702. The van der Waals surface area contributed by atoms with Crippen molar-refractivity contribution in [3.05, 3.63) is 40.9 Å². The van der Waals surface area contributed by atoms with E-state index in [4.69, 9.17) is 0 Å². The monoisotopic (exact) mass is 498 g/mol. The number of hydrogen-bond donors (Lipinski definition) is 2. The Morgan fingerprint density at radius 1 is 1.19 bits per heavy atom. The Labute approximate surface area is 172 Å². The van der Waals surface area contributed by atoms with Crippen molar-refractivity contribution in [3.8, 4) is 10.6 Å². The van der Waals surface area contributed by atoms with E-state index >= 15 is 0 Å². The number of nitrogens with one attached hydrogen (secondary N) is 2. The summed E-state index contributed by atoms with van der Waals surface area (Å²) in [5, 5.41) is 6.58. The zero-order chi connectivity index (χ0) is 18.3. The fourth-order valence-electron chi connectivity index (χ4n) is 2.09. The van der Waals surface area contributed by atoms with Gasteiger partial charge in [0.25, 0.3) is 0 Å². The quantitative estimate of drug-likeness (QED) is 0.344. The van der Waals surface area contributed by atoms with Crippen molar-refractivity contribution in [2.24, 2.45) is 4.99 Å². The minimum atomic E-state index is -4.18. The molecular weight excluding hydrogens is 476 g/mol. The molecule has 0 aliphatic rings. The topological polar surface area (TPSA) is 49.3 Å². The summed E-state index contributed by atoms with van der Waals surface area (Å²) in [5.74, 6) is 0.376. The number of halogens is 4. The molecule has 1 heterocycles. The van der Waals surface area contributed by atoms with Crippen LogP contribution < -0.4 is 10.6 Å². The van der Waals surface area contributed by atoms with Crippen LogP contribution in [0.5, 0.6) is 0 Å². The molecule has 0 unspecified atom stereocenters. The summed E-state index contributed by atoms with van der Waals surface area (Å²) in [6.07, 6.45) is -5.07. The summed E-state index contributed by atoms with van der Waals surface area (Å²) in [5.41, 5.74) is 1.93. The Balaban J connectivity index is 0.00000338. The molecule has 0 aliphatic carbocycles. The number of nitrogens with zero attached hydrogens (tertiary/aromatic N) is 2. The molecule has 9 heteroatoms. The molecule has 4 nitrogen and oxygen atoms in total. The highest BCUT2D eigenvalue weighted by molar-refractivity contribution is 14.0. The molecule has 2 rings (SSSR count). The van der Waals surface area contributed by atoms with Gasteiger partial charge < -0.3 is 10.6 Å². The fraction of sp³-hybridized carbons (Fsp3) is 0.412. The van der Waals surface area contributed by atoms with E-state index in [2.05, 4.69) is 20.6 Å². The molecule has 0 aliphatic heterocycles. The van der Waals surface area contributed by atoms with Gasteiger partial charge in [0.05, 0.1) is 18.7 Å². The van der Waals surface area contributed by atoms with Crippen molar-refractivity contribution in [1.82, 2.24) is 15.6 Å². The Kier molecular flexibility index (Phi) is 9.34. The summed E-state index contributed by atoms with van der Waals surface area (Å²) in [7, 11) is 0. The molecule has 0 amide bonds. The molecule has 26 heavy (non-hydrogen) atoms. The van der Waals surface area contributed by atoms with E-state index in [0.717, 1.165) is 21.1 Å². The van der Waals surface area contributed by atoms with Crippen molar-refractivity contribution in [1.29, 1.82) is 0 Å². The number of aryl methyl sites for hydroxylation is 1. The second-order valence-corrected chi connectivity index (χ2v) is 6.46. The molecule has 0 fully saturated rings. The van der Waals surface area contributed by atoms with Crippen LogP contribution in [0.25, 0.3) is 10.6 Å². The summed E-state index contributed by atoms with van der Waals surface area (Å²) >= 11 is 1.55. The standard InChI is InChI=1S/C17H21F3N4S.HI/c1-3-21-16(22-10-9-17(18,19)20)23-11-14-12(2)24-15(25-14)13-7-5-4-6-8-13;/h4-8H,3,9-11H2,1-2H3,(H2,21,22,23);1H. The normalized spacial score (nSPS) is 11.8. The predicted molar refractivity (Wildman–Crippen MR) is 111 cm³/mol. The predicted octanol–water partition coefficient (Wildman–Crippen LogP) is 4.74. The first kappa shape index (κ1) is 22.7. The number of rotatable bonds is 6. The lowest BCUT2D eigenvalue weighted by Gasteiger charge is -2.12. The van der Waals surface area contributed by atoms with Crippen LogP contribution in [0.2, 0.25) is 0 Å². The van der Waals surface area contributed by atoms with Gasteiger partial charge in [0.1, 0.15) is 5.01 Å². The highest BCUT2D eigenvalue weighted by atomic mass is 127. The third-order valence-corrected chi connectivity index (χ3v) is 4.53. The molecule has 2 aromatic rings. The third kappa shape index (κ3) is 7.48. The molecule has 0 radical (unpaired) electrons. The molecule has 1 aromatic heterocycles. The van der Waals surface area contributed by atoms with Crippen LogP contribution in [0, 0.1) is 6.92 Å². The molecular formula is C17H22F3IN4S. The van der Waals surface area contributed by atoms with Crippen molar-refractivity contribution < 1.29 is 13.2 Å². The summed E-state index contributed by atoms with van der Waals surface area (Å²) < 4.78 is 36.8. The zero-order valence-corrected chi connectivity index (χ0v) is 17.7. The Hall–Kier alpha value is -1.36. The molecule has 0 bridgehead atoms. The first-order valence-electron chi connectivity index (χ1n) is 7.99. The van der Waals surface area contributed by atoms with E-state index in [-0.39, 0.29) is 30.5 Å². The summed E-state index contributed by atoms with van der Waals surface area (Å²) in [4.78, 5) is 9.92. The van der Waals surface area contributed by atoms with Gasteiger partial charge in [-0.3, -0.25) is 0 Å². The van der Waals surface area contributed by atoms with E-state index < -0.39 is 12.6 Å². The van der Waals surface area contributed by atoms with Crippen LogP contribution in [-0.4, -0.2) is 30.2 Å². The van der Waals surface area contributed by atoms with Crippen LogP contribution in [0.3, 0.4) is 0 Å². The zero-order valence-electron chi connectivity index (χ0n) is 14.6. The van der Waals surface area contributed by atoms with Crippen molar-refractivity contribution in [3.63, 3.8) is 0 Å². The number of alkyl halides is 3. The number of aromatic nitrogens is 1. The second-order valence-electron chi connectivity index (χ2n) is 5.38. The fourth-order valence-corrected chi connectivity index (χ4v) is 3.09. The number of thiazole rings is 1. The van der Waals surface area contributed by atoms with E-state index in [9.17, 15) is 13.2 Å². The maximum absolute atomic E-state index is 12.3. The van der Waals surface area contributed by atoms with Gasteiger partial charge in [0.2, 0.25) is 0 Å². The minimum absolute atomic E-state index is 0. The van der Waals surface area contributed by atoms with Crippen LogP contribution in [0.1, 0.15) is 23.9 Å². The number of benzene rings is 1. The van der Waals surface area contributed by atoms with E-state index in [1.165, 1.54) is 0 Å². The van der Waals surface area contributed by atoms with Gasteiger partial charge in [0.15, 0.2) is 5.96 Å². The first-order chi connectivity index (χ1) is 11.9. The average Bonchev–Trinajstić information content (AvgIpc) is 2.93. The highest BCUT2D eigenvalue weighted by Crippen LogP contribution is 2.28. The van der Waals surface area contributed by atoms with E-state index in [1.807, 2.05) is 44.2 Å². The molecule has 0 saturated heterocycles. The van der Waals surface area contributed by atoms with Crippen molar-refractivity contribution in [2.45, 2.75) is 33.0 Å². The Morgan fingerprint density at radius 2 is 1.88 bits per heavy atom. The number of guanidine groups is 1. The molecule has 2 N–H and O–H groups in total. The van der Waals surface area contributed by atoms with Crippen LogP contribution >= 0.6 is 35.3 Å². The second kappa shape index (κ2) is 10.7. The van der Waals surface area contributed by atoms with Crippen molar-refractivity contribution >= 4 is 41.3 Å². The van der Waals surface area contributed by atoms with Crippen LogP contribution in [-0.2, 0) is 6.54 Å². The first-order valence-corrected chi connectivity index (χ1v) is 8.81. The van der Waals surface area contributed by atoms with Gasteiger partial charge in [-0.05, 0) is 13.8 Å².